The van der Waals surface area contributed by atoms with Crippen molar-refractivity contribution >= 4 is 5.97 Å². The molecule has 0 aliphatic carbocycles. The average molecular weight is 186 g/mol. The van der Waals surface area contributed by atoms with E-state index in [1.807, 2.05) is 13.0 Å². The van der Waals surface area contributed by atoms with Crippen molar-refractivity contribution < 1.29 is 15.0 Å². The molecule has 3 nitrogen and oxygen atoms in total. The summed E-state index contributed by atoms with van der Waals surface area (Å²) in [5, 5.41) is 17.4. The van der Waals surface area contributed by atoms with Gasteiger partial charge in [-0.15, -0.1) is 0 Å². The fraction of sp³-hybridized carbons (Fsp3) is 0.700. The van der Waals surface area contributed by atoms with Gasteiger partial charge in [-0.1, -0.05) is 11.6 Å². The normalized spacial score (nSPS) is 14.2. The monoisotopic (exact) mass is 186 g/mol. The Morgan fingerprint density at radius 1 is 1.46 bits per heavy atom. The maximum absolute atomic E-state index is 10.2. The molecule has 0 aromatic carbocycles. The van der Waals surface area contributed by atoms with E-state index >= 15 is 0 Å². The maximum Gasteiger partial charge on any atom is 0.303 e. The predicted octanol–water partition coefficient (Wildman–Crippen LogP) is 1.96. The van der Waals surface area contributed by atoms with Crippen molar-refractivity contribution in [2.75, 3.05) is 0 Å². The first-order valence-electron chi connectivity index (χ1n) is 4.58. The zero-order valence-corrected chi connectivity index (χ0v) is 8.29. The lowest BCUT2D eigenvalue weighted by atomic mass is 10.1. The standard InChI is InChI=1S/C10H18O3/c1-8(6-7-9(2)11)4-3-5-10(12)13/h6,9,11H,3-5,7H2,1-2H3,(H,12,13)/b8-6-/t9-/m1/s1. The topological polar surface area (TPSA) is 57.5 Å². The molecule has 0 rings (SSSR count). The molecule has 0 saturated heterocycles. The Morgan fingerprint density at radius 3 is 2.54 bits per heavy atom. The molecule has 0 unspecified atom stereocenters. The van der Waals surface area contributed by atoms with Crippen molar-refractivity contribution in [3.05, 3.63) is 11.6 Å². The molecule has 0 saturated carbocycles. The Labute approximate surface area is 79.1 Å². The zero-order valence-electron chi connectivity index (χ0n) is 8.29. The summed E-state index contributed by atoms with van der Waals surface area (Å²) in [7, 11) is 0. The summed E-state index contributed by atoms with van der Waals surface area (Å²) in [6.45, 7) is 3.70. The van der Waals surface area contributed by atoms with Crippen LogP contribution in [0.2, 0.25) is 0 Å². The molecule has 0 amide bonds. The van der Waals surface area contributed by atoms with E-state index in [4.69, 9.17) is 10.2 Å². The van der Waals surface area contributed by atoms with E-state index < -0.39 is 5.97 Å². The minimum atomic E-state index is -0.747. The second kappa shape index (κ2) is 6.66. The zero-order chi connectivity index (χ0) is 10.3. The Morgan fingerprint density at radius 2 is 2.08 bits per heavy atom. The first-order chi connectivity index (χ1) is 6.02. The third kappa shape index (κ3) is 9.08. The largest absolute Gasteiger partial charge is 0.481 e. The second-order valence-electron chi connectivity index (χ2n) is 3.38. The fourth-order valence-corrected chi connectivity index (χ4v) is 0.992. The molecule has 0 aliphatic heterocycles. The van der Waals surface area contributed by atoms with Crippen LogP contribution in [0.1, 0.15) is 39.5 Å². The van der Waals surface area contributed by atoms with Gasteiger partial charge >= 0.3 is 5.97 Å². The number of aliphatic hydroxyl groups is 1. The minimum absolute atomic E-state index is 0.222. The number of carboxylic acids is 1. The Balaban J connectivity index is 3.55. The molecule has 0 bridgehead atoms. The number of rotatable bonds is 6. The molecule has 0 radical (unpaired) electrons. The van der Waals surface area contributed by atoms with Gasteiger partial charge in [0.15, 0.2) is 0 Å². The first-order valence-corrected chi connectivity index (χ1v) is 4.58. The number of allylic oxidation sites excluding steroid dienone is 1. The number of hydrogen-bond acceptors (Lipinski definition) is 2. The molecule has 0 aliphatic rings. The van der Waals surface area contributed by atoms with E-state index in [-0.39, 0.29) is 12.5 Å². The smallest absolute Gasteiger partial charge is 0.303 e. The van der Waals surface area contributed by atoms with Crippen LogP contribution in [0.15, 0.2) is 11.6 Å². The van der Waals surface area contributed by atoms with Crippen LogP contribution >= 0.6 is 0 Å². The lowest BCUT2D eigenvalue weighted by molar-refractivity contribution is -0.137. The van der Waals surface area contributed by atoms with Gasteiger partial charge in [0.05, 0.1) is 6.10 Å². The van der Waals surface area contributed by atoms with Crippen LogP contribution in [0, 0.1) is 0 Å². The molecule has 3 heteroatoms. The Kier molecular flexibility index (Phi) is 6.24. The van der Waals surface area contributed by atoms with Gasteiger partial charge in [-0.3, -0.25) is 4.79 Å². The van der Waals surface area contributed by atoms with Crippen molar-refractivity contribution in [2.45, 2.75) is 45.6 Å². The van der Waals surface area contributed by atoms with Crippen LogP contribution in [-0.2, 0) is 4.79 Å². The minimum Gasteiger partial charge on any atom is -0.481 e. The quantitative estimate of drug-likeness (QED) is 0.623. The van der Waals surface area contributed by atoms with Gasteiger partial charge in [-0.05, 0) is 33.1 Å². The highest BCUT2D eigenvalue weighted by molar-refractivity contribution is 5.66. The van der Waals surface area contributed by atoms with Crippen molar-refractivity contribution in [2.24, 2.45) is 0 Å². The van der Waals surface area contributed by atoms with E-state index in [0.29, 0.717) is 12.8 Å². The van der Waals surface area contributed by atoms with Crippen molar-refractivity contribution in [1.82, 2.24) is 0 Å². The second-order valence-corrected chi connectivity index (χ2v) is 3.38. The van der Waals surface area contributed by atoms with E-state index in [1.165, 1.54) is 0 Å². The lowest BCUT2D eigenvalue weighted by Crippen LogP contribution is -1.97. The van der Waals surface area contributed by atoms with Crippen LogP contribution in [0.25, 0.3) is 0 Å². The first kappa shape index (κ1) is 12.2. The highest BCUT2D eigenvalue weighted by Gasteiger charge is 1.97. The van der Waals surface area contributed by atoms with Crippen LogP contribution in [0.3, 0.4) is 0 Å². The molecule has 76 valence electrons. The van der Waals surface area contributed by atoms with Crippen LogP contribution in [-0.4, -0.2) is 22.3 Å². The summed E-state index contributed by atoms with van der Waals surface area (Å²) < 4.78 is 0. The molecular formula is C10H18O3. The van der Waals surface area contributed by atoms with Gasteiger partial charge in [-0.2, -0.15) is 0 Å². The number of carboxylic acid groups (broad SMARTS) is 1. The molecule has 1 atom stereocenters. The number of aliphatic carboxylic acids is 1. The number of carbonyl (C=O) groups is 1. The molecule has 2 N–H and O–H groups in total. The number of aliphatic hydroxyl groups excluding tert-OH is 1. The highest BCUT2D eigenvalue weighted by atomic mass is 16.4. The predicted molar refractivity (Wildman–Crippen MR) is 51.5 cm³/mol. The third-order valence-electron chi connectivity index (χ3n) is 1.77. The summed E-state index contributed by atoms with van der Waals surface area (Å²) in [5.41, 5.74) is 1.15. The molecule has 0 fully saturated rings. The van der Waals surface area contributed by atoms with Gasteiger partial charge in [0, 0.05) is 6.42 Å². The molecule has 0 aromatic heterocycles. The summed E-state index contributed by atoms with van der Waals surface area (Å²) in [5.74, 6) is -0.747. The van der Waals surface area contributed by atoms with E-state index in [1.54, 1.807) is 6.92 Å². The van der Waals surface area contributed by atoms with Gasteiger partial charge in [-0.25, -0.2) is 0 Å². The van der Waals surface area contributed by atoms with Gasteiger partial charge < -0.3 is 10.2 Å². The SMILES string of the molecule is C/C(=C/C[C@@H](C)O)CCCC(=O)O. The molecular weight excluding hydrogens is 168 g/mol. The fourth-order valence-electron chi connectivity index (χ4n) is 0.992. The summed E-state index contributed by atoms with van der Waals surface area (Å²) in [6.07, 6.45) is 4.01. The van der Waals surface area contributed by atoms with Crippen molar-refractivity contribution in [3.8, 4) is 0 Å². The number of hydrogen-bond donors (Lipinski definition) is 2. The van der Waals surface area contributed by atoms with E-state index in [9.17, 15) is 4.79 Å². The van der Waals surface area contributed by atoms with Crippen LogP contribution < -0.4 is 0 Å². The summed E-state index contributed by atoms with van der Waals surface area (Å²) in [6, 6.07) is 0. The Hall–Kier alpha value is -0.830. The van der Waals surface area contributed by atoms with Gasteiger partial charge in [0.1, 0.15) is 0 Å². The third-order valence-corrected chi connectivity index (χ3v) is 1.77. The maximum atomic E-state index is 10.2. The van der Waals surface area contributed by atoms with Gasteiger partial charge in [0.2, 0.25) is 0 Å². The van der Waals surface area contributed by atoms with Crippen molar-refractivity contribution in [1.29, 1.82) is 0 Å². The van der Waals surface area contributed by atoms with E-state index in [2.05, 4.69) is 0 Å². The summed E-state index contributed by atoms with van der Waals surface area (Å²) >= 11 is 0. The summed E-state index contributed by atoms with van der Waals surface area (Å²) in [4.78, 5) is 10.2. The average Bonchev–Trinajstić information content (AvgIpc) is 2.00. The molecule has 13 heavy (non-hydrogen) atoms. The highest BCUT2D eigenvalue weighted by Crippen LogP contribution is 2.08. The van der Waals surface area contributed by atoms with E-state index in [0.717, 1.165) is 12.0 Å². The Bertz CT molecular complexity index is 183. The van der Waals surface area contributed by atoms with Crippen molar-refractivity contribution in [3.63, 3.8) is 0 Å². The van der Waals surface area contributed by atoms with Crippen LogP contribution in [0.4, 0.5) is 0 Å². The van der Waals surface area contributed by atoms with Gasteiger partial charge in [0.25, 0.3) is 0 Å². The molecule has 0 heterocycles. The lowest BCUT2D eigenvalue weighted by Gasteiger charge is -2.01. The van der Waals surface area contributed by atoms with Crippen LogP contribution in [0.5, 0.6) is 0 Å². The molecule has 0 aromatic rings. The molecule has 0 spiro atoms.